The number of hydrogen-bond acceptors (Lipinski definition) is 4. The van der Waals surface area contributed by atoms with Crippen LogP contribution in [0.5, 0.6) is 0 Å². The van der Waals surface area contributed by atoms with Crippen molar-refractivity contribution in [2.75, 3.05) is 19.6 Å². The molecule has 1 aromatic rings. The van der Waals surface area contributed by atoms with Crippen LogP contribution in [0.1, 0.15) is 49.5 Å². The zero-order valence-electron chi connectivity index (χ0n) is 14.0. The molecular weight excluding hydrogens is 308 g/mol. The van der Waals surface area contributed by atoms with Crippen LogP contribution in [0, 0.1) is 0 Å². The van der Waals surface area contributed by atoms with Gasteiger partial charge in [-0.25, -0.2) is 0 Å². The van der Waals surface area contributed by atoms with Crippen molar-refractivity contribution in [3.05, 3.63) is 21.9 Å². The van der Waals surface area contributed by atoms with Crippen molar-refractivity contribution in [3.8, 4) is 0 Å². The molecule has 1 aromatic heterocycles. The highest BCUT2D eigenvalue weighted by Gasteiger charge is 2.27. The van der Waals surface area contributed by atoms with Gasteiger partial charge in [0.2, 0.25) is 5.91 Å². The predicted molar refractivity (Wildman–Crippen MR) is 93.6 cm³/mol. The number of thiophene rings is 1. The second-order valence-electron chi connectivity index (χ2n) is 7.00. The molecule has 3 rings (SSSR count). The van der Waals surface area contributed by atoms with E-state index in [1.54, 1.807) is 11.3 Å². The third kappa shape index (κ3) is 4.34. The molecule has 2 heterocycles. The Morgan fingerprint density at radius 3 is 2.96 bits per heavy atom. The molecule has 0 bridgehead atoms. The monoisotopic (exact) mass is 336 g/mol. The first-order valence-corrected chi connectivity index (χ1v) is 9.76. The third-order valence-electron chi connectivity index (χ3n) is 5.09. The first-order chi connectivity index (χ1) is 11.1. The van der Waals surface area contributed by atoms with Gasteiger partial charge in [-0.05, 0) is 43.2 Å². The van der Waals surface area contributed by atoms with Crippen LogP contribution in [0.15, 0.2) is 11.4 Å². The second kappa shape index (κ2) is 7.77. The summed E-state index contributed by atoms with van der Waals surface area (Å²) < 4.78 is 0. The Labute approximate surface area is 143 Å². The molecule has 0 spiro atoms. The standard InChI is InChI=1S/C18H28N2O2S/c1-14(21)11-20(16-5-3-2-4-6-16)13-18(22)19-9-7-17-15(12-19)8-10-23-17/h8,10,14,16,21H,2-7,9,11-13H2,1H3. The highest BCUT2D eigenvalue weighted by Crippen LogP contribution is 2.25. The highest BCUT2D eigenvalue weighted by atomic mass is 32.1. The fraction of sp³-hybridized carbons (Fsp3) is 0.722. The van der Waals surface area contributed by atoms with E-state index < -0.39 is 0 Å². The summed E-state index contributed by atoms with van der Waals surface area (Å²) in [6.45, 7) is 4.46. The summed E-state index contributed by atoms with van der Waals surface area (Å²) in [6, 6.07) is 2.61. The number of aliphatic hydroxyl groups is 1. The number of amides is 1. The van der Waals surface area contributed by atoms with Crippen LogP contribution in [0.2, 0.25) is 0 Å². The molecule has 2 aliphatic rings. The van der Waals surface area contributed by atoms with Crippen molar-refractivity contribution in [1.29, 1.82) is 0 Å². The molecule has 1 aliphatic carbocycles. The molecule has 128 valence electrons. The van der Waals surface area contributed by atoms with Gasteiger partial charge in [-0.1, -0.05) is 19.3 Å². The average molecular weight is 337 g/mol. The van der Waals surface area contributed by atoms with Gasteiger partial charge in [0.1, 0.15) is 0 Å². The fourth-order valence-corrected chi connectivity index (χ4v) is 4.75. The number of nitrogens with zero attached hydrogens (tertiary/aromatic N) is 2. The van der Waals surface area contributed by atoms with Crippen molar-refractivity contribution < 1.29 is 9.90 Å². The molecule has 0 saturated heterocycles. The smallest absolute Gasteiger partial charge is 0.237 e. The highest BCUT2D eigenvalue weighted by molar-refractivity contribution is 7.10. The molecule has 23 heavy (non-hydrogen) atoms. The lowest BCUT2D eigenvalue weighted by Gasteiger charge is -2.36. The van der Waals surface area contributed by atoms with E-state index in [9.17, 15) is 9.90 Å². The SMILES string of the molecule is CC(O)CN(CC(=O)N1CCc2sccc2C1)C1CCCCC1. The predicted octanol–water partition coefficient (Wildman–Crippen LogP) is 2.65. The first kappa shape index (κ1) is 16.9. The van der Waals surface area contributed by atoms with Gasteiger partial charge in [-0.3, -0.25) is 9.69 Å². The lowest BCUT2D eigenvalue weighted by molar-refractivity contribution is -0.134. The normalized spacial score (nSPS) is 20.6. The summed E-state index contributed by atoms with van der Waals surface area (Å²) in [7, 11) is 0. The van der Waals surface area contributed by atoms with Gasteiger partial charge in [0, 0.05) is 30.6 Å². The number of aliphatic hydroxyl groups excluding tert-OH is 1. The number of fused-ring (bicyclic) bond motifs is 1. The minimum Gasteiger partial charge on any atom is -0.392 e. The Kier molecular flexibility index (Phi) is 5.72. The molecular formula is C18H28N2O2S. The van der Waals surface area contributed by atoms with Crippen molar-refractivity contribution in [1.82, 2.24) is 9.80 Å². The minimum absolute atomic E-state index is 0.216. The summed E-state index contributed by atoms with van der Waals surface area (Å²) >= 11 is 1.80. The largest absolute Gasteiger partial charge is 0.392 e. The topological polar surface area (TPSA) is 43.8 Å². The number of carbonyl (C=O) groups is 1. The Hall–Kier alpha value is -0.910. The minimum atomic E-state index is -0.380. The lowest BCUT2D eigenvalue weighted by atomic mass is 9.94. The van der Waals surface area contributed by atoms with Crippen LogP contribution in [0.3, 0.4) is 0 Å². The summed E-state index contributed by atoms with van der Waals surface area (Å²) in [5, 5.41) is 11.9. The molecule has 0 radical (unpaired) electrons. The Morgan fingerprint density at radius 2 is 2.22 bits per heavy atom. The van der Waals surface area contributed by atoms with Gasteiger partial charge in [0.25, 0.3) is 0 Å². The van der Waals surface area contributed by atoms with Gasteiger partial charge in [0.15, 0.2) is 0 Å². The molecule has 1 amide bonds. The van der Waals surface area contributed by atoms with E-state index in [4.69, 9.17) is 0 Å². The summed E-state index contributed by atoms with van der Waals surface area (Å²) in [6.07, 6.45) is 6.73. The molecule has 1 atom stereocenters. The zero-order valence-corrected chi connectivity index (χ0v) is 14.9. The van der Waals surface area contributed by atoms with E-state index in [2.05, 4.69) is 16.3 Å². The van der Waals surface area contributed by atoms with E-state index in [0.29, 0.717) is 19.1 Å². The zero-order chi connectivity index (χ0) is 16.2. The quantitative estimate of drug-likeness (QED) is 0.899. The maximum absolute atomic E-state index is 12.8. The van der Waals surface area contributed by atoms with E-state index >= 15 is 0 Å². The van der Waals surface area contributed by atoms with Gasteiger partial charge < -0.3 is 10.0 Å². The molecule has 1 fully saturated rings. The van der Waals surface area contributed by atoms with Crippen molar-refractivity contribution in [3.63, 3.8) is 0 Å². The molecule has 4 nitrogen and oxygen atoms in total. The van der Waals surface area contributed by atoms with Crippen molar-refractivity contribution in [2.24, 2.45) is 0 Å². The van der Waals surface area contributed by atoms with Crippen LogP contribution >= 0.6 is 11.3 Å². The van der Waals surface area contributed by atoms with Gasteiger partial charge in [-0.15, -0.1) is 11.3 Å². The Morgan fingerprint density at radius 1 is 1.43 bits per heavy atom. The van der Waals surface area contributed by atoms with E-state index in [-0.39, 0.29) is 12.0 Å². The molecule has 1 unspecified atom stereocenters. The van der Waals surface area contributed by atoms with Crippen LogP contribution in [0.4, 0.5) is 0 Å². The first-order valence-electron chi connectivity index (χ1n) is 8.88. The molecule has 5 heteroatoms. The molecule has 1 N–H and O–H groups in total. The Bertz CT molecular complexity index is 523. The average Bonchev–Trinajstić information content (AvgIpc) is 3.02. The van der Waals surface area contributed by atoms with Gasteiger partial charge in [0.05, 0.1) is 12.6 Å². The second-order valence-corrected chi connectivity index (χ2v) is 8.01. The van der Waals surface area contributed by atoms with Crippen molar-refractivity contribution in [2.45, 2.75) is 64.1 Å². The van der Waals surface area contributed by atoms with Gasteiger partial charge in [-0.2, -0.15) is 0 Å². The summed E-state index contributed by atoms with van der Waals surface area (Å²) in [4.78, 5) is 18.4. The molecule has 1 saturated carbocycles. The van der Waals surface area contributed by atoms with E-state index in [0.717, 1.165) is 32.4 Å². The molecule has 1 aliphatic heterocycles. The summed E-state index contributed by atoms with van der Waals surface area (Å²) in [5.74, 6) is 0.216. The van der Waals surface area contributed by atoms with Crippen LogP contribution in [0.25, 0.3) is 0 Å². The maximum atomic E-state index is 12.8. The maximum Gasteiger partial charge on any atom is 0.237 e. The van der Waals surface area contributed by atoms with Crippen LogP contribution in [-0.2, 0) is 17.8 Å². The lowest BCUT2D eigenvalue weighted by Crippen LogP contribution is -2.48. The van der Waals surface area contributed by atoms with Gasteiger partial charge >= 0.3 is 0 Å². The van der Waals surface area contributed by atoms with Crippen LogP contribution < -0.4 is 0 Å². The van der Waals surface area contributed by atoms with Crippen molar-refractivity contribution >= 4 is 17.2 Å². The van der Waals surface area contributed by atoms with E-state index in [1.165, 1.54) is 29.7 Å². The number of hydrogen-bond donors (Lipinski definition) is 1. The fourth-order valence-electron chi connectivity index (χ4n) is 3.86. The van der Waals surface area contributed by atoms with E-state index in [1.807, 2.05) is 11.8 Å². The number of carbonyl (C=O) groups excluding carboxylic acids is 1. The summed E-state index contributed by atoms with van der Waals surface area (Å²) in [5.41, 5.74) is 1.31. The molecule has 0 aromatic carbocycles. The third-order valence-corrected chi connectivity index (χ3v) is 6.11. The number of rotatable bonds is 5. The van der Waals surface area contributed by atoms with Crippen LogP contribution in [-0.4, -0.2) is 52.6 Å². The Balaban J connectivity index is 1.61.